The van der Waals surface area contributed by atoms with Crippen molar-refractivity contribution in [3.8, 4) is 5.75 Å². The highest BCUT2D eigenvalue weighted by molar-refractivity contribution is 5.78. The van der Waals surface area contributed by atoms with Crippen molar-refractivity contribution < 1.29 is 9.13 Å². The van der Waals surface area contributed by atoms with Gasteiger partial charge in [-0.1, -0.05) is 6.08 Å². The number of hydrogen-bond acceptors (Lipinski definition) is 5. The van der Waals surface area contributed by atoms with Crippen molar-refractivity contribution in [1.29, 1.82) is 0 Å². The van der Waals surface area contributed by atoms with Crippen LogP contribution in [0.3, 0.4) is 0 Å². The van der Waals surface area contributed by atoms with Gasteiger partial charge >= 0.3 is 0 Å². The predicted octanol–water partition coefficient (Wildman–Crippen LogP) is 4.60. The van der Waals surface area contributed by atoms with Crippen LogP contribution in [-0.2, 0) is 6.42 Å². The number of aromatic nitrogens is 2. The molecule has 0 amide bonds. The molecule has 0 saturated carbocycles. The van der Waals surface area contributed by atoms with Crippen LogP contribution in [0.5, 0.6) is 5.75 Å². The number of fused-ring (bicyclic) bond motifs is 1. The molecule has 0 atom stereocenters. The van der Waals surface area contributed by atoms with Gasteiger partial charge in [-0.3, -0.25) is 0 Å². The molecule has 2 aromatic rings. The van der Waals surface area contributed by atoms with Gasteiger partial charge < -0.3 is 15.4 Å². The van der Waals surface area contributed by atoms with E-state index in [0.717, 1.165) is 48.9 Å². The molecule has 136 valence electrons. The maximum atomic E-state index is 15.4. The average molecular weight is 354 g/mol. The monoisotopic (exact) mass is 354 g/mol. The molecule has 0 unspecified atom stereocenters. The lowest BCUT2D eigenvalue weighted by molar-refractivity contribution is 0.354. The van der Waals surface area contributed by atoms with Gasteiger partial charge in [-0.05, 0) is 44.2 Å². The fourth-order valence-corrected chi connectivity index (χ4v) is 3.63. The zero-order valence-electron chi connectivity index (χ0n) is 15.2. The third-order valence-corrected chi connectivity index (χ3v) is 4.88. The van der Waals surface area contributed by atoms with Crippen molar-refractivity contribution in [3.05, 3.63) is 40.8 Å². The molecule has 0 radical (unpaired) electrons. The van der Waals surface area contributed by atoms with E-state index in [4.69, 9.17) is 4.74 Å². The third-order valence-electron chi connectivity index (χ3n) is 4.88. The SMILES string of the molecule is CNc1cc(C)nc(Nc2cc3c(c(C4=CCCCC4)c2F)OCC3)n1. The molecule has 4 rings (SSSR count). The fourth-order valence-electron chi connectivity index (χ4n) is 3.63. The zero-order chi connectivity index (χ0) is 18.1. The standard InChI is InChI=1S/C20H23FN4O/c1-12-10-16(22-2)25-20(23-12)24-15-11-14-8-9-26-19(14)17(18(15)21)13-6-4-3-5-7-13/h6,10-11H,3-5,7-9H2,1-2H3,(H2,22,23,24,25). The summed E-state index contributed by atoms with van der Waals surface area (Å²) in [5, 5.41) is 6.08. The summed E-state index contributed by atoms with van der Waals surface area (Å²) < 4.78 is 21.2. The van der Waals surface area contributed by atoms with E-state index in [1.54, 1.807) is 7.05 Å². The lowest BCUT2D eigenvalue weighted by Gasteiger charge is -2.19. The van der Waals surface area contributed by atoms with Crippen LogP contribution in [0.15, 0.2) is 18.2 Å². The zero-order valence-corrected chi connectivity index (χ0v) is 15.2. The molecule has 6 heteroatoms. The molecule has 5 nitrogen and oxygen atoms in total. The molecular weight excluding hydrogens is 331 g/mol. The summed E-state index contributed by atoms with van der Waals surface area (Å²) in [7, 11) is 1.80. The maximum absolute atomic E-state index is 15.4. The number of ether oxygens (including phenoxy) is 1. The molecule has 0 bridgehead atoms. The Morgan fingerprint density at radius 1 is 1.15 bits per heavy atom. The molecule has 1 aromatic heterocycles. The molecule has 1 aliphatic heterocycles. The fraction of sp³-hybridized carbons (Fsp3) is 0.400. The molecule has 2 aliphatic rings. The van der Waals surface area contributed by atoms with E-state index in [1.165, 1.54) is 0 Å². The van der Waals surface area contributed by atoms with Gasteiger partial charge in [0.05, 0.1) is 17.9 Å². The van der Waals surface area contributed by atoms with Crippen LogP contribution in [0.4, 0.5) is 21.8 Å². The minimum atomic E-state index is -0.282. The minimum absolute atomic E-state index is 0.282. The van der Waals surface area contributed by atoms with Gasteiger partial charge in [0.25, 0.3) is 0 Å². The summed E-state index contributed by atoms with van der Waals surface area (Å²) >= 11 is 0. The quantitative estimate of drug-likeness (QED) is 0.840. The molecular formula is C20H23FN4O. The molecule has 2 N–H and O–H groups in total. The van der Waals surface area contributed by atoms with Crippen molar-refractivity contribution in [1.82, 2.24) is 9.97 Å². The van der Waals surface area contributed by atoms with Crippen LogP contribution >= 0.6 is 0 Å². The molecule has 0 fully saturated rings. The van der Waals surface area contributed by atoms with Crippen molar-refractivity contribution in [3.63, 3.8) is 0 Å². The van der Waals surface area contributed by atoms with E-state index in [0.29, 0.717) is 35.4 Å². The smallest absolute Gasteiger partial charge is 0.229 e. The highest BCUT2D eigenvalue weighted by atomic mass is 19.1. The Morgan fingerprint density at radius 2 is 2.04 bits per heavy atom. The molecule has 2 heterocycles. The van der Waals surface area contributed by atoms with Gasteiger partial charge in [-0.15, -0.1) is 0 Å². The second-order valence-electron chi connectivity index (χ2n) is 6.77. The van der Waals surface area contributed by atoms with Gasteiger partial charge in [0.15, 0.2) is 5.82 Å². The van der Waals surface area contributed by atoms with Gasteiger partial charge in [-0.2, -0.15) is 4.98 Å². The number of benzene rings is 1. The Labute approximate surface area is 152 Å². The first kappa shape index (κ1) is 16.8. The first-order chi connectivity index (χ1) is 12.7. The van der Waals surface area contributed by atoms with Crippen LogP contribution < -0.4 is 15.4 Å². The first-order valence-corrected chi connectivity index (χ1v) is 9.13. The summed E-state index contributed by atoms with van der Waals surface area (Å²) in [5.74, 6) is 1.51. The number of halogens is 1. The van der Waals surface area contributed by atoms with Crippen molar-refractivity contribution in [2.45, 2.75) is 39.0 Å². The van der Waals surface area contributed by atoms with Crippen molar-refractivity contribution >= 4 is 23.0 Å². The second-order valence-corrected chi connectivity index (χ2v) is 6.77. The van der Waals surface area contributed by atoms with E-state index in [1.807, 2.05) is 19.1 Å². The van der Waals surface area contributed by atoms with E-state index >= 15 is 4.39 Å². The topological polar surface area (TPSA) is 59.1 Å². The molecule has 26 heavy (non-hydrogen) atoms. The van der Waals surface area contributed by atoms with Crippen LogP contribution in [0.1, 0.15) is 42.5 Å². The lowest BCUT2D eigenvalue weighted by atomic mass is 9.91. The maximum Gasteiger partial charge on any atom is 0.229 e. The van der Waals surface area contributed by atoms with Crippen LogP contribution in [0.25, 0.3) is 5.57 Å². The van der Waals surface area contributed by atoms with Gasteiger partial charge in [0.2, 0.25) is 5.95 Å². The predicted molar refractivity (Wildman–Crippen MR) is 102 cm³/mol. The van der Waals surface area contributed by atoms with Crippen molar-refractivity contribution in [2.24, 2.45) is 0 Å². The number of aryl methyl sites for hydroxylation is 1. The molecule has 1 aliphatic carbocycles. The number of nitrogens with zero attached hydrogens (tertiary/aromatic N) is 2. The number of nitrogens with one attached hydrogen (secondary N) is 2. The Kier molecular flexibility index (Phi) is 4.49. The number of rotatable bonds is 4. The first-order valence-electron chi connectivity index (χ1n) is 9.13. The molecule has 0 spiro atoms. The highest BCUT2D eigenvalue weighted by Gasteiger charge is 2.26. The number of hydrogen-bond donors (Lipinski definition) is 2. The number of allylic oxidation sites excluding steroid dienone is 2. The molecule has 1 aromatic carbocycles. The van der Waals surface area contributed by atoms with Crippen LogP contribution in [0.2, 0.25) is 0 Å². The second kappa shape index (κ2) is 6.94. The van der Waals surface area contributed by atoms with E-state index < -0.39 is 0 Å². The lowest BCUT2D eigenvalue weighted by Crippen LogP contribution is -2.06. The van der Waals surface area contributed by atoms with Crippen LogP contribution in [0, 0.1) is 12.7 Å². The van der Waals surface area contributed by atoms with E-state index in [-0.39, 0.29) is 5.82 Å². The van der Waals surface area contributed by atoms with E-state index in [9.17, 15) is 0 Å². The summed E-state index contributed by atoms with van der Waals surface area (Å²) in [6.45, 7) is 2.49. The largest absolute Gasteiger partial charge is 0.492 e. The third kappa shape index (κ3) is 3.11. The average Bonchev–Trinajstić information content (AvgIpc) is 3.10. The minimum Gasteiger partial charge on any atom is -0.492 e. The van der Waals surface area contributed by atoms with Gasteiger partial charge in [0, 0.05) is 30.8 Å². The summed E-state index contributed by atoms with van der Waals surface area (Å²) in [6, 6.07) is 3.67. The van der Waals surface area contributed by atoms with Crippen molar-refractivity contribution in [2.75, 3.05) is 24.3 Å². The Bertz CT molecular complexity index is 879. The Hall–Kier alpha value is -2.63. The summed E-state index contributed by atoms with van der Waals surface area (Å²) in [6.07, 6.45) is 7.08. The Balaban J connectivity index is 1.78. The van der Waals surface area contributed by atoms with Gasteiger partial charge in [-0.25, -0.2) is 9.37 Å². The van der Waals surface area contributed by atoms with Gasteiger partial charge in [0.1, 0.15) is 11.6 Å². The number of anilines is 3. The molecule has 0 saturated heterocycles. The van der Waals surface area contributed by atoms with E-state index in [2.05, 4.69) is 26.7 Å². The highest BCUT2D eigenvalue weighted by Crippen LogP contribution is 2.42. The Morgan fingerprint density at radius 3 is 2.81 bits per heavy atom. The summed E-state index contributed by atoms with van der Waals surface area (Å²) in [5.41, 5.74) is 3.92. The summed E-state index contributed by atoms with van der Waals surface area (Å²) in [4.78, 5) is 8.76. The normalized spacial score (nSPS) is 15.9. The van der Waals surface area contributed by atoms with Crippen LogP contribution in [-0.4, -0.2) is 23.6 Å².